The average Bonchev–Trinajstić information content (AvgIpc) is 2.58. The number of pyridine rings is 1. The van der Waals surface area contributed by atoms with Crippen LogP contribution in [0.25, 0.3) is 11.3 Å². The summed E-state index contributed by atoms with van der Waals surface area (Å²) < 4.78 is 40.4. The molecule has 142 valence electrons. The molecule has 1 N–H and O–H groups in total. The molecule has 27 heavy (non-hydrogen) atoms. The van der Waals surface area contributed by atoms with Crippen LogP contribution in [-0.4, -0.2) is 22.7 Å². The van der Waals surface area contributed by atoms with E-state index >= 15 is 0 Å². The van der Waals surface area contributed by atoms with E-state index in [2.05, 4.69) is 10.3 Å². The fourth-order valence-electron chi connectivity index (χ4n) is 2.33. The maximum atomic E-state index is 13.5. The molecule has 0 bridgehead atoms. The number of aryl methyl sites for hydroxylation is 1. The van der Waals surface area contributed by atoms with Crippen LogP contribution in [0.15, 0.2) is 35.4 Å². The van der Waals surface area contributed by atoms with Crippen molar-refractivity contribution in [1.82, 2.24) is 10.3 Å². The fraction of sp³-hybridized carbons (Fsp3) is 0.316. The molecule has 0 unspecified atom stereocenters. The van der Waals surface area contributed by atoms with E-state index in [0.29, 0.717) is 5.56 Å². The van der Waals surface area contributed by atoms with Crippen LogP contribution in [-0.2, 0) is 11.0 Å². The first kappa shape index (κ1) is 20.8. The number of thioether (sulfide) groups is 1. The highest BCUT2D eigenvalue weighted by Gasteiger charge is 2.36. The minimum atomic E-state index is -4.71. The maximum absolute atomic E-state index is 13.5. The second-order valence-electron chi connectivity index (χ2n) is 6.22. The van der Waals surface area contributed by atoms with Gasteiger partial charge in [0.2, 0.25) is 5.91 Å². The molecule has 8 heteroatoms. The fourth-order valence-corrected chi connectivity index (χ4v) is 3.14. The summed E-state index contributed by atoms with van der Waals surface area (Å²) in [6.45, 7) is 5.42. The summed E-state index contributed by atoms with van der Waals surface area (Å²) in [5, 5.41) is 11.8. The Labute approximate surface area is 159 Å². The van der Waals surface area contributed by atoms with E-state index in [0.717, 1.165) is 23.4 Å². The minimum Gasteiger partial charge on any atom is -0.353 e. The Morgan fingerprint density at radius 2 is 1.93 bits per heavy atom. The summed E-state index contributed by atoms with van der Waals surface area (Å²) >= 11 is 0.818. The van der Waals surface area contributed by atoms with Crippen LogP contribution in [0.2, 0.25) is 0 Å². The van der Waals surface area contributed by atoms with Gasteiger partial charge in [-0.15, -0.1) is 0 Å². The van der Waals surface area contributed by atoms with Gasteiger partial charge in [0.15, 0.2) is 0 Å². The third-order valence-electron chi connectivity index (χ3n) is 3.54. The Kier molecular flexibility index (Phi) is 6.50. The number of benzene rings is 1. The average molecular weight is 393 g/mol. The molecular weight excluding hydrogens is 375 g/mol. The van der Waals surface area contributed by atoms with Crippen LogP contribution in [0.4, 0.5) is 13.2 Å². The van der Waals surface area contributed by atoms with Crippen LogP contribution in [0, 0.1) is 18.3 Å². The van der Waals surface area contributed by atoms with Gasteiger partial charge in [-0.05, 0) is 26.8 Å². The molecule has 1 heterocycles. The highest BCUT2D eigenvalue weighted by atomic mass is 32.2. The third-order valence-corrected chi connectivity index (χ3v) is 4.52. The topological polar surface area (TPSA) is 65.8 Å². The first-order chi connectivity index (χ1) is 12.6. The highest BCUT2D eigenvalue weighted by Crippen LogP contribution is 2.37. The lowest BCUT2D eigenvalue weighted by Crippen LogP contribution is -2.31. The lowest BCUT2D eigenvalue weighted by molar-refractivity contribution is -0.138. The number of nitrogens with one attached hydrogen (secondary N) is 1. The number of carbonyl (C=O) groups is 1. The molecule has 0 aliphatic rings. The molecular formula is C19H18F3N3OS. The number of aromatic nitrogens is 1. The maximum Gasteiger partial charge on any atom is 0.417 e. The van der Waals surface area contributed by atoms with Crippen LogP contribution in [0.5, 0.6) is 0 Å². The van der Waals surface area contributed by atoms with E-state index in [9.17, 15) is 23.2 Å². The summed E-state index contributed by atoms with van der Waals surface area (Å²) in [5.74, 6) is -0.468. The molecule has 0 aliphatic carbocycles. The predicted molar refractivity (Wildman–Crippen MR) is 98.1 cm³/mol. The largest absolute Gasteiger partial charge is 0.417 e. The van der Waals surface area contributed by atoms with E-state index in [4.69, 9.17) is 0 Å². The van der Waals surface area contributed by atoms with Crippen molar-refractivity contribution in [2.45, 2.75) is 38.0 Å². The van der Waals surface area contributed by atoms with E-state index in [-0.39, 0.29) is 28.4 Å². The van der Waals surface area contributed by atoms with Crippen molar-refractivity contribution in [2.75, 3.05) is 5.75 Å². The van der Waals surface area contributed by atoms with Crippen molar-refractivity contribution in [3.05, 3.63) is 47.0 Å². The summed E-state index contributed by atoms with van der Waals surface area (Å²) in [4.78, 5) is 16.1. The lowest BCUT2D eigenvalue weighted by atomic mass is 10.0. The highest BCUT2D eigenvalue weighted by molar-refractivity contribution is 8.00. The van der Waals surface area contributed by atoms with Gasteiger partial charge in [0, 0.05) is 11.6 Å². The number of nitriles is 1. The van der Waals surface area contributed by atoms with Gasteiger partial charge >= 0.3 is 6.18 Å². The zero-order chi connectivity index (χ0) is 20.2. The molecule has 0 atom stereocenters. The molecule has 0 fully saturated rings. The Morgan fingerprint density at radius 3 is 2.44 bits per heavy atom. The van der Waals surface area contributed by atoms with E-state index < -0.39 is 17.3 Å². The second-order valence-corrected chi connectivity index (χ2v) is 7.19. The quantitative estimate of drug-likeness (QED) is 0.756. The molecule has 0 aliphatic heterocycles. The summed E-state index contributed by atoms with van der Waals surface area (Å²) in [7, 11) is 0. The van der Waals surface area contributed by atoms with Crippen molar-refractivity contribution in [2.24, 2.45) is 0 Å². The number of halogens is 3. The number of nitrogens with zero attached hydrogens (tertiary/aromatic N) is 2. The first-order valence-corrected chi connectivity index (χ1v) is 9.12. The standard InChI is InChI=1S/C19H18F3N3OS/c1-11(2)24-17(26)10-27-18-14(9-23)15(19(20,21)22)8-16(25-18)13-6-4-12(3)5-7-13/h4-8,11H,10H2,1-3H3,(H,24,26). The second kappa shape index (κ2) is 8.44. The van der Waals surface area contributed by atoms with Gasteiger partial charge < -0.3 is 5.32 Å². The Hall–Kier alpha value is -2.53. The summed E-state index contributed by atoms with van der Waals surface area (Å²) in [6, 6.07) is 9.25. The number of alkyl halides is 3. The molecule has 2 rings (SSSR count). The number of carbonyl (C=O) groups excluding carboxylic acids is 1. The Bertz CT molecular complexity index is 871. The SMILES string of the molecule is Cc1ccc(-c2cc(C(F)(F)F)c(C#N)c(SCC(=O)NC(C)C)n2)cc1. The molecule has 1 aromatic carbocycles. The lowest BCUT2D eigenvalue weighted by Gasteiger charge is -2.14. The van der Waals surface area contributed by atoms with Crippen LogP contribution >= 0.6 is 11.8 Å². The number of amides is 1. The monoisotopic (exact) mass is 393 g/mol. The van der Waals surface area contributed by atoms with Gasteiger partial charge in [-0.2, -0.15) is 18.4 Å². The van der Waals surface area contributed by atoms with Crippen LogP contribution in [0.1, 0.15) is 30.5 Å². The van der Waals surface area contributed by atoms with Crippen molar-refractivity contribution in [3.8, 4) is 17.3 Å². The molecule has 4 nitrogen and oxygen atoms in total. The molecule has 1 aromatic heterocycles. The van der Waals surface area contributed by atoms with Gasteiger partial charge in [-0.3, -0.25) is 4.79 Å². The predicted octanol–water partition coefficient (Wildman–Crippen LogP) is 4.56. The smallest absolute Gasteiger partial charge is 0.353 e. The molecule has 2 aromatic rings. The number of hydrogen-bond acceptors (Lipinski definition) is 4. The van der Waals surface area contributed by atoms with Gasteiger partial charge in [0.05, 0.1) is 22.6 Å². The Balaban J connectivity index is 2.49. The molecule has 0 saturated heterocycles. The zero-order valence-electron chi connectivity index (χ0n) is 15.0. The molecule has 0 spiro atoms. The van der Waals surface area contributed by atoms with E-state index in [1.165, 1.54) is 0 Å². The third kappa shape index (κ3) is 5.47. The molecule has 0 saturated carbocycles. The normalized spacial score (nSPS) is 11.3. The van der Waals surface area contributed by atoms with Gasteiger partial charge in [0.1, 0.15) is 11.1 Å². The minimum absolute atomic E-state index is 0.0916. The van der Waals surface area contributed by atoms with Crippen molar-refractivity contribution in [3.63, 3.8) is 0 Å². The van der Waals surface area contributed by atoms with Crippen molar-refractivity contribution in [1.29, 1.82) is 5.26 Å². The van der Waals surface area contributed by atoms with E-state index in [1.807, 2.05) is 6.92 Å². The van der Waals surface area contributed by atoms with Crippen LogP contribution < -0.4 is 5.32 Å². The Morgan fingerprint density at radius 1 is 1.30 bits per heavy atom. The summed E-state index contributed by atoms with van der Waals surface area (Å²) in [6.07, 6.45) is -4.71. The van der Waals surface area contributed by atoms with Gasteiger partial charge in [0.25, 0.3) is 0 Å². The van der Waals surface area contributed by atoms with Gasteiger partial charge in [-0.1, -0.05) is 41.6 Å². The molecule has 1 amide bonds. The van der Waals surface area contributed by atoms with Crippen molar-refractivity contribution >= 4 is 17.7 Å². The zero-order valence-corrected chi connectivity index (χ0v) is 15.8. The summed E-state index contributed by atoms with van der Waals surface area (Å²) in [5.41, 5.74) is -0.0522. The van der Waals surface area contributed by atoms with Crippen molar-refractivity contribution < 1.29 is 18.0 Å². The van der Waals surface area contributed by atoms with Crippen LogP contribution in [0.3, 0.4) is 0 Å². The number of hydrogen-bond donors (Lipinski definition) is 1. The molecule has 0 radical (unpaired) electrons. The first-order valence-electron chi connectivity index (χ1n) is 8.13. The van der Waals surface area contributed by atoms with E-state index in [1.54, 1.807) is 44.2 Å². The van der Waals surface area contributed by atoms with Gasteiger partial charge in [-0.25, -0.2) is 4.98 Å². The number of rotatable bonds is 5.